The smallest absolute Gasteiger partial charge is 0.410 e. The third-order valence-electron chi connectivity index (χ3n) is 5.29. The molecular weight excluding hydrogens is 410 g/mol. The second-order valence-corrected chi connectivity index (χ2v) is 9.02. The summed E-state index contributed by atoms with van der Waals surface area (Å²) in [6, 6.07) is 14.7. The van der Waals surface area contributed by atoms with Gasteiger partial charge in [-0.15, -0.1) is 0 Å². The Labute approximate surface area is 175 Å². The summed E-state index contributed by atoms with van der Waals surface area (Å²) < 4.78 is 41.7. The van der Waals surface area contributed by atoms with E-state index in [-0.39, 0.29) is 24.7 Å². The van der Waals surface area contributed by atoms with Gasteiger partial charge in [-0.25, -0.2) is 4.79 Å². The quantitative estimate of drug-likeness (QED) is 0.718. The van der Waals surface area contributed by atoms with E-state index in [0.717, 1.165) is 11.1 Å². The number of likely N-dealkylation sites (tertiary alicyclic amines) is 1. The van der Waals surface area contributed by atoms with Crippen molar-refractivity contribution in [1.29, 1.82) is 0 Å². The SMILES string of the molecule is Cc1ccc(S(=O)(=O)OC2CN(C(=O)OCc3ccccc3)C3C(O)COC23)cc1. The van der Waals surface area contributed by atoms with Crippen LogP contribution in [0.15, 0.2) is 59.5 Å². The molecule has 8 nitrogen and oxygen atoms in total. The number of hydrogen-bond acceptors (Lipinski definition) is 7. The number of nitrogens with zero attached hydrogens (tertiary/aromatic N) is 1. The molecule has 4 unspecified atom stereocenters. The highest BCUT2D eigenvalue weighted by Gasteiger charge is 2.54. The second-order valence-electron chi connectivity index (χ2n) is 7.45. The van der Waals surface area contributed by atoms with Gasteiger partial charge in [0.25, 0.3) is 10.1 Å². The second kappa shape index (κ2) is 8.35. The number of hydrogen-bond donors (Lipinski definition) is 1. The van der Waals surface area contributed by atoms with Crippen LogP contribution in [0.3, 0.4) is 0 Å². The lowest BCUT2D eigenvalue weighted by atomic mass is 10.1. The van der Waals surface area contributed by atoms with E-state index >= 15 is 0 Å². The van der Waals surface area contributed by atoms with Gasteiger partial charge in [-0.2, -0.15) is 8.42 Å². The molecule has 30 heavy (non-hydrogen) atoms. The van der Waals surface area contributed by atoms with Crippen LogP contribution in [0.1, 0.15) is 11.1 Å². The number of ether oxygens (including phenoxy) is 2. The van der Waals surface area contributed by atoms with Gasteiger partial charge in [-0.05, 0) is 24.6 Å². The van der Waals surface area contributed by atoms with Gasteiger partial charge in [0.2, 0.25) is 0 Å². The zero-order valence-electron chi connectivity index (χ0n) is 16.4. The minimum Gasteiger partial charge on any atom is -0.445 e. The summed E-state index contributed by atoms with van der Waals surface area (Å²) in [4.78, 5) is 14.0. The van der Waals surface area contributed by atoms with Crippen molar-refractivity contribution in [1.82, 2.24) is 4.90 Å². The van der Waals surface area contributed by atoms with Crippen molar-refractivity contribution in [2.75, 3.05) is 13.2 Å². The van der Waals surface area contributed by atoms with E-state index < -0.39 is 40.6 Å². The topological polar surface area (TPSA) is 102 Å². The number of rotatable bonds is 5. The van der Waals surface area contributed by atoms with Crippen molar-refractivity contribution in [3.63, 3.8) is 0 Å². The van der Waals surface area contributed by atoms with Gasteiger partial charge in [0, 0.05) is 0 Å². The van der Waals surface area contributed by atoms with E-state index in [1.165, 1.54) is 17.0 Å². The minimum absolute atomic E-state index is 0.0117. The summed E-state index contributed by atoms with van der Waals surface area (Å²) in [5.74, 6) is 0. The first-order valence-electron chi connectivity index (χ1n) is 9.62. The standard InChI is InChI=1S/C21H23NO7S/c1-14-7-9-16(10-8-14)30(25,26)29-18-11-22(19-17(23)13-27-20(18)19)21(24)28-12-15-5-3-2-4-6-15/h2-10,17-20,23H,11-13H2,1H3. The van der Waals surface area contributed by atoms with Crippen molar-refractivity contribution in [2.45, 2.75) is 42.8 Å². The summed E-state index contributed by atoms with van der Waals surface area (Å²) in [5, 5.41) is 10.3. The van der Waals surface area contributed by atoms with E-state index in [4.69, 9.17) is 13.7 Å². The van der Waals surface area contributed by atoms with Crippen molar-refractivity contribution in [2.24, 2.45) is 0 Å². The molecule has 0 radical (unpaired) electrons. The van der Waals surface area contributed by atoms with Gasteiger partial charge in [0.1, 0.15) is 24.9 Å². The fourth-order valence-corrected chi connectivity index (χ4v) is 4.84. The molecule has 0 bridgehead atoms. The third-order valence-corrected chi connectivity index (χ3v) is 6.64. The Kier molecular flexibility index (Phi) is 5.79. The molecule has 2 saturated heterocycles. The van der Waals surface area contributed by atoms with E-state index in [1.807, 2.05) is 37.3 Å². The predicted molar refractivity (Wildman–Crippen MR) is 106 cm³/mol. The van der Waals surface area contributed by atoms with Crippen molar-refractivity contribution in [3.05, 3.63) is 65.7 Å². The van der Waals surface area contributed by atoms with Gasteiger partial charge in [-0.1, -0.05) is 48.0 Å². The molecule has 0 aromatic heterocycles. The Hall–Kier alpha value is -2.46. The van der Waals surface area contributed by atoms with Crippen LogP contribution in [0.5, 0.6) is 0 Å². The van der Waals surface area contributed by atoms with Gasteiger partial charge in [0.05, 0.1) is 24.1 Å². The summed E-state index contributed by atoms with van der Waals surface area (Å²) in [7, 11) is -4.06. The molecule has 2 aromatic carbocycles. The molecule has 2 aliphatic heterocycles. The van der Waals surface area contributed by atoms with Gasteiger partial charge < -0.3 is 14.6 Å². The Morgan fingerprint density at radius 3 is 2.57 bits per heavy atom. The first-order valence-corrected chi connectivity index (χ1v) is 11.0. The van der Waals surface area contributed by atoms with E-state index in [2.05, 4.69) is 0 Å². The van der Waals surface area contributed by atoms with Crippen LogP contribution in [-0.4, -0.2) is 62.0 Å². The Bertz CT molecular complexity index is 994. The predicted octanol–water partition coefficient (Wildman–Crippen LogP) is 1.85. The molecule has 9 heteroatoms. The first kappa shape index (κ1) is 20.8. The molecule has 2 aliphatic rings. The number of fused-ring (bicyclic) bond motifs is 1. The van der Waals surface area contributed by atoms with Gasteiger partial charge in [-0.3, -0.25) is 9.08 Å². The van der Waals surface area contributed by atoms with E-state index in [1.54, 1.807) is 12.1 Å². The Balaban J connectivity index is 1.47. The van der Waals surface area contributed by atoms with Crippen LogP contribution in [0.2, 0.25) is 0 Å². The monoisotopic (exact) mass is 433 g/mol. The number of carbonyl (C=O) groups excluding carboxylic acids is 1. The lowest BCUT2D eigenvalue weighted by molar-refractivity contribution is 0.0261. The van der Waals surface area contributed by atoms with Crippen molar-refractivity contribution in [3.8, 4) is 0 Å². The maximum absolute atomic E-state index is 12.7. The molecule has 2 aromatic rings. The summed E-state index contributed by atoms with van der Waals surface area (Å²) in [6.07, 6.45) is -3.31. The molecule has 4 atom stereocenters. The molecule has 0 aliphatic carbocycles. The Morgan fingerprint density at radius 2 is 1.87 bits per heavy atom. The Morgan fingerprint density at radius 1 is 1.17 bits per heavy atom. The van der Waals surface area contributed by atoms with E-state index in [9.17, 15) is 18.3 Å². The van der Waals surface area contributed by atoms with Crippen molar-refractivity contribution < 1.29 is 32.0 Å². The highest BCUT2D eigenvalue weighted by molar-refractivity contribution is 7.86. The number of carbonyl (C=O) groups is 1. The molecule has 160 valence electrons. The summed E-state index contributed by atoms with van der Waals surface area (Å²) >= 11 is 0. The number of aliphatic hydroxyl groups is 1. The molecule has 0 saturated carbocycles. The van der Waals surface area contributed by atoms with Crippen LogP contribution >= 0.6 is 0 Å². The average Bonchev–Trinajstić information content (AvgIpc) is 3.28. The minimum atomic E-state index is -4.06. The summed E-state index contributed by atoms with van der Waals surface area (Å²) in [6.45, 7) is 1.84. The zero-order chi connectivity index (χ0) is 21.3. The normalized spacial score (nSPS) is 25.9. The fourth-order valence-electron chi connectivity index (χ4n) is 3.76. The van der Waals surface area contributed by atoms with Gasteiger partial charge in [0.15, 0.2) is 0 Å². The number of benzene rings is 2. The largest absolute Gasteiger partial charge is 0.445 e. The first-order chi connectivity index (χ1) is 14.3. The van der Waals surface area contributed by atoms with E-state index in [0.29, 0.717) is 0 Å². The lowest BCUT2D eigenvalue weighted by Gasteiger charge is -2.24. The molecule has 2 fully saturated rings. The molecule has 1 N–H and O–H groups in total. The summed E-state index contributed by atoms with van der Waals surface area (Å²) in [5.41, 5.74) is 1.74. The van der Waals surface area contributed by atoms with Crippen LogP contribution in [-0.2, 0) is 30.4 Å². The molecule has 2 heterocycles. The van der Waals surface area contributed by atoms with Crippen LogP contribution in [0.25, 0.3) is 0 Å². The average molecular weight is 433 g/mol. The number of aryl methyl sites for hydroxylation is 1. The van der Waals surface area contributed by atoms with Crippen LogP contribution in [0, 0.1) is 6.92 Å². The fraction of sp³-hybridized carbons (Fsp3) is 0.381. The van der Waals surface area contributed by atoms with Crippen molar-refractivity contribution >= 4 is 16.2 Å². The molecule has 4 rings (SSSR count). The van der Waals surface area contributed by atoms with Crippen LogP contribution in [0.4, 0.5) is 4.79 Å². The maximum Gasteiger partial charge on any atom is 0.410 e. The zero-order valence-corrected chi connectivity index (χ0v) is 17.2. The lowest BCUT2D eigenvalue weighted by Crippen LogP contribution is -2.44. The molecular formula is C21H23NO7S. The number of amides is 1. The van der Waals surface area contributed by atoms with Crippen LogP contribution < -0.4 is 0 Å². The third kappa shape index (κ3) is 4.20. The highest BCUT2D eigenvalue weighted by atomic mass is 32.2. The molecule has 0 spiro atoms. The maximum atomic E-state index is 12.7. The highest BCUT2D eigenvalue weighted by Crippen LogP contribution is 2.33. The number of aliphatic hydroxyl groups excluding tert-OH is 1. The molecule has 1 amide bonds. The van der Waals surface area contributed by atoms with Gasteiger partial charge >= 0.3 is 6.09 Å².